The predicted molar refractivity (Wildman–Crippen MR) is 84.6 cm³/mol. The van der Waals surface area contributed by atoms with Gasteiger partial charge in [0.2, 0.25) is 15.9 Å². The summed E-state index contributed by atoms with van der Waals surface area (Å²) < 4.78 is 24.8. The van der Waals surface area contributed by atoms with Gasteiger partial charge in [-0.3, -0.25) is 9.78 Å². The molecule has 0 saturated carbocycles. The molecule has 2 aromatic rings. The summed E-state index contributed by atoms with van der Waals surface area (Å²) in [6, 6.07) is 12.4. The van der Waals surface area contributed by atoms with E-state index in [1.165, 1.54) is 0 Å². The maximum Gasteiger partial charge on any atom is 0.239 e. The fourth-order valence-corrected chi connectivity index (χ4v) is 2.60. The number of benzene rings is 1. The Balaban J connectivity index is 2.06. The summed E-state index contributed by atoms with van der Waals surface area (Å²) in [5, 5.41) is 2.67. The van der Waals surface area contributed by atoms with Crippen LogP contribution in [0.15, 0.2) is 54.9 Å². The van der Waals surface area contributed by atoms with Crippen LogP contribution in [0.3, 0.4) is 0 Å². The highest BCUT2D eigenvalue weighted by Gasteiger charge is 2.20. The lowest BCUT2D eigenvalue weighted by molar-refractivity contribution is -0.116. The molecular weight excluding hydrogens is 302 g/mol. The minimum atomic E-state index is -3.51. The van der Waals surface area contributed by atoms with Crippen molar-refractivity contribution in [2.24, 2.45) is 0 Å². The molecule has 0 radical (unpaired) electrons. The molecule has 0 unspecified atom stereocenters. The number of aromatic nitrogens is 1. The molecule has 0 aliphatic heterocycles. The van der Waals surface area contributed by atoms with E-state index in [0.29, 0.717) is 5.69 Å². The first-order valence-corrected chi connectivity index (χ1v) is 8.49. The predicted octanol–water partition coefficient (Wildman–Crippen LogP) is 1.48. The van der Waals surface area contributed by atoms with Gasteiger partial charge in [0.15, 0.2) is 0 Å². The smallest absolute Gasteiger partial charge is 0.239 e. The average Bonchev–Trinajstić information content (AvgIpc) is 2.48. The number of nitrogens with zero attached hydrogens (tertiary/aromatic N) is 2. The maximum absolute atomic E-state index is 12.0. The van der Waals surface area contributed by atoms with E-state index in [2.05, 4.69) is 10.3 Å². The Morgan fingerprint density at radius 1 is 1.18 bits per heavy atom. The summed E-state index contributed by atoms with van der Waals surface area (Å²) in [6.45, 7) is -0.141. The van der Waals surface area contributed by atoms with Gasteiger partial charge in [0.1, 0.15) is 0 Å². The normalized spacial score (nSPS) is 11.4. The van der Waals surface area contributed by atoms with Crippen LogP contribution < -0.4 is 5.32 Å². The van der Waals surface area contributed by atoms with E-state index in [1.807, 2.05) is 6.07 Å². The zero-order valence-electron chi connectivity index (χ0n) is 12.1. The van der Waals surface area contributed by atoms with Gasteiger partial charge in [0.25, 0.3) is 0 Å². The standard InChI is InChI=1S/C15H17N3O3S/c1-22(20,21)18(11-13-6-5-9-16-10-13)12-15(19)17-14-7-3-2-4-8-14/h2-10H,11-12H2,1H3,(H,17,19). The number of para-hydroxylation sites is 1. The Hall–Kier alpha value is -2.25. The largest absolute Gasteiger partial charge is 0.325 e. The average molecular weight is 319 g/mol. The lowest BCUT2D eigenvalue weighted by atomic mass is 10.3. The summed E-state index contributed by atoms with van der Waals surface area (Å²) >= 11 is 0. The Morgan fingerprint density at radius 2 is 1.91 bits per heavy atom. The molecule has 1 aromatic carbocycles. The molecule has 0 saturated heterocycles. The molecule has 0 atom stereocenters. The number of amides is 1. The molecule has 0 aliphatic rings. The highest BCUT2D eigenvalue weighted by atomic mass is 32.2. The van der Waals surface area contributed by atoms with E-state index in [1.54, 1.807) is 48.8 Å². The lowest BCUT2D eigenvalue weighted by Crippen LogP contribution is -2.36. The van der Waals surface area contributed by atoms with Crippen LogP contribution in [0.5, 0.6) is 0 Å². The SMILES string of the molecule is CS(=O)(=O)N(CC(=O)Nc1ccccc1)Cc1cccnc1. The van der Waals surface area contributed by atoms with E-state index >= 15 is 0 Å². The van der Waals surface area contributed by atoms with Crippen molar-refractivity contribution in [1.82, 2.24) is 9.29 Å². The van der Waals surface area contributed by atoms with Gasteiger partial charge < -0.3 is 5.32 Å². The maximum atomic E-state index is 12.0. The van der Waals surface area contributed by atoms with E-state index in [-0.39, 0.29) is 19.0 Å². The zero-order valence-corrected chi connectivity index (χ0v) is 13.0. The summed E-state index contributed by atoms with van der Waals surface area (Å²) in [7, 11) is -3.51. The van der Waals surface area contributed by atoms with Gasteiger partial charge >= 0.3 is 0 Å². The minimum absolute atomic E-state index is 0.106. The fourth-order valence-electron chi connectivity index (χ4n) is 1.87. The third kappa shape index (κ3) is 4.94. The topological polar surface area (TPSA) is 79.4 Å². The van der Waals surface area contributed by atoms with Gasteiger partial charge in [-0.05, 0) is 23.8 Å². The van der Waals surface area contributed by atoms with Gasteiger partial charge in [0, 0.05) is 24.6 Å². The number of anilines is 1. The molecule has 0 fully saturated rings. The summed E-state index contributed by atoms with van der Waals surface area (Å²) in [5.74, 6) is -0.388. The van der Waals surface area contributed by atoms with Crippen molar-refractivity contribution in [2.75, 3.05) is 18.1 Å². The number of carbonyl (C=O) groups is 1. The monoisotopic (exact) mass is 319 g/mol. The number of rotatable bonds is 6. The van der Waals surface area contributed by atoms with Gasteiger partial charge in [0.05, 0.1) is 12.8 Å². The summed E-state index contributed by atoms with van der Waals surface area (Å²) in [6.07, 6.45) is 4.27. The fraction of sp³-hybridized carbons (Fsp3) is 0.200. The molecule has 1 amide bonds. The molecule has 1 N–H and O–H groups in total. The lowest BCUT2D eigenvalue weighted by Gasteiger charge is -2.19. The van der Waals surface area contributed by atoms with Crippen LogP contribution in [0, 0.1) is 0 Å². The van der Waals surface area contributed by atoms with Crippen LogP contribution in [-0.2, 0) is 21.4 Å². The first-order valence-electron chi connectivity index (χ1n) is 6.64. The van der Waals surface area contributed by atoms with E-state index in [9.17, 15) is 13.2 Å². The second kappa shape index (κ2) is 7.15. The Morgan fingerprint density at radius 3 is 2.50 bits per heavy atom. The molecule has 0 aliphatic carbocycles. The first kappa shape index (κ1) is 16.1. The Labute approximate surface area is 129 Å². The Kier molecular flexibility index (Phi) is 5.24. The number of hydrogen-bond donors (Lipinski definition) is 1. The van der Waals surface area contributed by atoms with E-state index in [0.717, 1.165) is 16.1 Å². The van der Waals surface area contributed by atoms with Crippen molar-refractivity contribution in [2.45, 2.75) is 6.54 Å². The van der Waals surface area contributed by atoms with E-state index in [4.69, 9.17) is 0 Å². The highest BCUT2D eigenvalue weighted by molar-refractivity contribution is 7.88. The van der Waals surface area contributed by atoms with Gasteiger partial charge in [-0.25, -0.2) is 8.42 Å². The number of hydrogen-bond acceptors (Lipinski definition) is 4. The summed E-state index contributed by atoms with van der Waals surface area (Å²) in [4.78, 5) is 16.0. The third-order valence-electron chi connectivity index (χ3n) is 2.93. The highest BCUT2D eigenvalue weighted by Crippen LogP contribution is 2.09. The molecule has 116 valence electrons. The van der Waals surface area contributed by atoms with Crippen LogP contribution >= 0.6 is 0 Å². The van der Waals surface area contributed by atoms with Crippen LogP contribution in [0.25, 0.3) is 0 Å². The first-order chi connectivity index (χ1) is 10.4. The van der Waals surface area contributed by atoms with Crippen molar-refractivity contribution >= 4 is 21.6 Å². The van der Waals surface area contributed by atoms with Crippen LogP contribution in [0.2, 0.25) is 0 Å². The third-order valence-corrected chi connectivity index (χ3v) is 4.12. The molecular formula is C15H17N3O3S. The van der Waals surface area contributed by atoms with Crippen LogP contribution in [0.1, 0.15) is 5.56 Å². The van der Waals surface area contributed by atoms with Crippen molar-refractivity contribution < 1.29 is 13.2 Å². The van der Waals surface area contributed by atoms with Gasteiger partial charge in [-0.2, -0.15) is 4.31 Å². The molecule has 2 rings (SSSR count). The molecule has 6 nitrogen and oxygen atoms in total. The molecule has 1 heterocycles. The second-order valence-corrected chi connectivity index (χ2v) is 6.79. The molecule has 0 bridgehead atoms. The van der Waals surface area contributed by atoms with Gasteiger partial charge in [-0.15, -0.1) is 0 Å². The number of nitrogens with one attached hydrogen (secondary N) is 1. The minimum Gasteiger partial charge on any atom is -0.325 e. The zero-order chi connectivity index (χ0) is 16.0. The summed E-state index contributed by atoms with van der Waals surface area (Å²) in [5.41, 5.74) is 1.35. The number of carbonyl (C=O) groups excluding carboxylic acids is 1. The van der Waals surface area contributed by atoms with Crippen molar-refractivity contribution in [3.8, 4) is 0 Å². The molecule has 22 heavy (non-hydrogen) atoms. The van der Waals surface area contributed by atoms with Crippen LogP contribution in [-0.4, -0.2) is 36.4 Å². The number of pyridine rings is 1. The van der Waals surface area contributed by atoms with Gasteiger partial charge in [-0.1, -0.05) is 24.3 Å². The molecule has 0 spiro atoms. The quantitative estimate of drug-likeness (QED) is 0.874. The Bertz CT molecular complexity index is 718. The van der Waals surface area contributed by atoms with Crippen molar-refractivity contribution in [3.63, 3.8) is 0 Å². The van der Waals surface area contributed by atoms with Crippen LogP contribution in [0.4, 0.5) is 5.69 Å². The molecule has 7 heteroatoms. The van der Waals surface area contributed by atoms with Crippen molar-refractivity contribution in [1.29, 1.82) is 0 Å². The second-order valence-electron chi connectivity index (χ2n) is 4.81. The van der Waals surface area contributed by atoms with Crippen molar-refractivity contribution in [3.05, 3.63) is 60.4 Å². The number of sulfonamides is 1. The van der Waals surface area contributed by atoms with E-state index < -0.39 is 10.0 Å². The molecule has 1 aromatic heterocycles.